The number of nitrogens with zero attached hydrogens (tertiary/aromatic N) is 1. The van der Waals surface area contributed by atoms with Crippen LogP contribution in [0.15, 0.2) is 5.10 Å². The molecule has 0 aliphatic rings. The zero-order chi connectivity index (χ0) is 10.5. The van der Waals surface area contributed by atoms with Gasteiger partial charge in [0.05, 0.1) is 5.25 Å². The fourth-order valence-corrected chi connectivity index (χ4v) is 0.754. The van der Waals surface area contributed by atoms with Gasteiger partial charge in [-0.2, -0.15) is 16.9 Å². The van der Waals surface area contributed by atoms with Crippen molar-refractivity contribution in [3.63, 3.8) is 0 Å². The highest BCUT2D eigenvalue weighted by Crippen LogP contribution is 2.08. The van der Waals surface area contributed by atoms with E-state index in [1.165, 1.54) is 11.8 Å². The van der Waals surface area contributed by atoms with Gasteiger partial charge in [0.15, 0.2) is 0 Å². The second-order valence-corrected chi connectivity index (χ2v) is 5.16. The van der Waals surface area contributed by atoms with Crippen LogP contribution in [0.3, 0.4) is 0 Å². The van der Waals surface area contributed by atoms with E-state index in [9.17, 15) is 4.79 Å². The molecule has 0 aromatic rings. The quantitative estimate of drug-likeness (QED) is 0.561. The molecule has 0 radical (unpaired) electrons. The van der Waals surface area contributed by atoms with E-state index in [1.54, 1.807) is 6.21 Å². The van der Waals surface area contributed by atoms with Crippen molar-refractivity contribution in [3.8, 4) is 0 Å². The molecule has 0 bridgehead atoms. The van der Waals surface area contributed by atoms with Crippen molar-refractivity contribution in [1.29, 1.82) is 0 Å². The summed E-state index contributed by atoms with van der Waals surface area (Å²) < 4.78 is 0. The molecule has 76 valence electrons. The van der Waals surface area contributed by atoms with Gasteiger partial charge in [-0.25, -0.2) is 5.43 Å². The largest absolute Gasteiger partial charge is 0.272 e. The minimum atomic E-state index is -0.0481. The molecule has 0 aliphatic carbocycles. The standard InChI is InChI=1S/C9H18N2OS/c1-7(13-5)8(12)11-10-6-9(2,3)4/h6-7H,1-5H3,(H,11,12)/b10-6+. The zero-order valence-corrected chi connectivity index (χ0v) is 9.73. The fraction of sp³-hybridized carbons (Fsp3) is 0.778. The summed E-state index contributed by atoms with van der Waals surface area (Å²) >= 11 is 1.50. The molecular weight excluding hydrogens is 184 g/mol. The normalized spacial score (nSPS) is 14.5. The van der Waals surface area contributed by atoms with Gasteiger partial charge in [0.25, 0.3) is 5.91 Å². The summed E-state index contributed by atoms with van der Waals surface area (Å²) in [6, 6.07) is 0. The van der Waals surface area contributed by atoms with E-state index in [1.807, 2.05) is 34.0 Å². The first kappa shape index (κ1) is 12.5. The van der Waals surface area contributed by atoms with Gasteiger partial charge in [-0.1, -0.05) is 20.8 Å². The Balaban J connectivity index is 3.90. The Bertz CT molecular complexity index is 196. The van der Waals surface area contributed by atoms with Crippen LogP contribution in [0.2, 0.25) is 0 Å². The molecule has 1 N–H and O–H groups in total. The van der Waals surface area contributed by atoms with Crippen LogP contribution in [0, 0.1) is 5.41 Å². The van der Waals surface area contributed by atoms with Crippen molar-refractivity contribution < 1.29 is 4.79 Å². The van der Waals surface area contributed by atoms with Crippen LogP contribution in [-0.4, -0.2) is 23.6 Å². The Labute approximate surface area is 84.4 Å². The van der Waals surface area contributed by atoms with Crippen molar-refractivity contribution in [2.45, 2.75) is 32.9 Å². The zero-order valence-electron chi connectivity index (χ0n) is 8.92. The fourth-order valence-electron chi connectivity index (χ4n) is 0.487. The monoisotopic (exact) mass is 202 g/mol. The number of thioether (sulfide) groups is 1. The summed E-state index contributed by atoms with van der Waals surface area (Å²) in [6.45, 7) is 7.94. The predicted octanol–water partition coefficient (Wildman–Crippen LogP) is 1.89. The summed E-state index contributed by atoms with van der Waals surface area (Å²) in [7, 11) is 0. The Kier molecular flexibility index (Phi) is 5.06. The van der Waals surface area contributed by atoms with Crippen molar-refractivity contribution in [1.82, 2.24) is 5.43 Å². The van der Waals surface area contributed by atoms with Gasteiger partial charge in [0.2, 0.25) is 0 Å². The highest BCUT2D eigenvalue weighted by molar-refractivity contribution is 7.99. The molecule has 1 atom stereocenters. The second kappa shape index (κ2) is 5.27. The molecule has 0 saturated carbocycles. The summed E-state index contributed by atoms with van der Waals surface area (Å²) in [5.74, 6) is -0.0481. The van der Waals surface area contributed by atoms with E-state index in [0.717, 1.165) is 0 Å². The summed E-state index contributed by atoms with van der Waals surface area (Å²) in [4.78, 5) is 11.2. The molecule has 1 unspecified atom stereocenters. The van der Waals surface area contributed by atoms with Gasteiger partial charge in [-0.15, -0.1) is 0 Å². The second-order valence-electron chi connectivity index (χ2n) is 3.98. The molecule has 13 heavy (non-hydrogen) atoms. The van der Waals surface area contributed by atoms with Gasteiger partial charge < -0.3 is 0 Å². The molecule has 0 spiro atoms. The van der Waals surface area contributed by atoms with E-state index in [4.69, 9.17) is 0 Å². The number of nitrogens with one attached hydrogen (secondary N) is 1. The third-order valence-electron chi connectivity index (χ3n) is 1.35. The van der Waals surface area contributed by atoms with Crippen LogP contribution in [0.5, 0.6) is 0 Å². The Morgan fingerprint density at radius 1 is 1.54 bits per heavy atom. The maximum Gasteiger partial charge on any atom is 0.252 e. The maximum absolute atomic E-state index is 11.2. The molecule has 0 aliphatic heterocycles. The number of hydrazone groups is 1. The maximum atomic E-state index is 11.2. The van der Waals surface area contributed by atoms with E-state index in [0.29, 0.717) is 0 Å². The van der Waals surface area contributed by atoms with Gasteiger partial charge in [-0.3, -0.25) is 4.79 Å². The predicted molar refractivity (Wildman–Crippen MR) is 59.1 cm³/mol. The average molecular weight is 202 g/mol. The molecule has 0 aromatic carbocycles. The molecule has 0 saturated heterocycles. The average Bonchev–Trinajstić information content (AvgIpc) is 2.00. The smallest absolute Gasteiger partial charge is 0.252 e. The lowest BCUT2D eigenvalue weighted by atomic mass is 9.99. The van der Waals surface area contributed by atoms with Crippen LogP contribution in [0.4, 0.5) is 0 Å². The van der Waals surface area contributed by atoms with E-state index in [2.05, 4.69) is 10.5 Å². The van der Waals surface area contributed by atoms with Crippen molar-refractivity contribution >= 4 is 23.9 Å². The van der Waals surface area contributed by atoms with Crippen LogP contribution in [-0.2, 0) is 4.79 Å². The van der Waals surface area contributed by atoms with Crippen molar-refractivity contribution in [3.05, 3.63) is 0 Å². The van der Waals surface area contributed by atoms with Gasteiger partial charge in [-0.05, 0) is 18.6 Å². The topological polar surface area (TPSA) is 41.5 Å². The first-order valence-corrected chi connectivity index (χ1v) is 5.52. The van der Waals surface area contributed by atoms with E-state index >= 15 is 0 Å². The summed E-state index contributed by atoms with van der Waals surface area (Å²) in [5, 5.41) is 3.83. The van der Waals surface area contributed by atoms with Crippen LogP contribution < -0.4 is 5.43 Å². The van der Waals surface area contributed by atoms with Crippen LogP contribution in [0.1, 0.15) is 27.7 Å². The van der Waals surface area contributed by atoms with Crippen molar-refractivity contribution in [2.75, 3.05) is 6.26 Å². The number of carbonyl (C=O) groups is 1. The SMILES string of the molecule is CSC(C)C(=O)N/N=C/C(C)(C)C. The molecule has 0 heterocycles. The third-order valence-corrected chi connectivity index (χ3v) is 2.27. The minimum absolute atomic E-state index is 0.00980. The third kappa shape index (κ3) is 6.63. The molecule has 0 fully saturated rings. The summed E-state index contributed by atoms with van der Waals surface area (Å²) in [5.41, 5.74) is 2.51. The minimum Gasteiger partial charge on any atom is -0.272 e. The number of carbonyl (C=O) groups excluding carboxylic acids is 1. The van der Waals surface area contributed by atoms with Crippen molar-refractivity contribution in [2.24, 2.45) is 10.5 Å². The van der Waals surface area contributed by atoms with Crippen LogP contribution in [0.25, 0.3) is 0 Å². The lowest BCUT2D eigenvalue weighted by Crippen LogP contribution is -2.27. The number of hydrogen-bond donors (Lipinski definition) is 1. The molecule has 4 heteroatoms. The lowest BCUT2D eigenvalue weighted by Gasteiger charge is -2.10. The first-order chi connectivity index (χ1) is 5.87. The molecule has 1 amide bonds. The van der Waals surface area contributed by atoms with E-state index in [-0.39, 0.29) is 16.6 Å². The molecule has 3 nitrogen and oxygen atoms in total. The molecular formula is C9H18N2OS. The van der Waals surface area contributed by atoms with Gasteiger partial charge in [0.1, 0.15) is 0 Å². The Morgan fingerprint density at radius 3 is 2.46 bits per heavy atom. The van der Waals surface area contributed by atoms with Gasteiger partial charge in [0, 0.05) is 6.21 Å². The number of rotatable bonds is 3. The number of hydrogen-bond acceptors (Lipinski definition) is 3. The highest BCUT2D eigenvalue weighted by atomic mass is 32.2. The lowest BCUT2D eigenvalue weighted by molar-refractivity contribution is -0.120. The number of amides is 1. The molecule has 0 rings (SSSR count). The van der Waals surface area contributed by atoms with E-state index < -0.39 is 0 Å². The first-order valence-electron chi connectivity index (χ1n) is 4.23. The van der Waals surface area contributed by atoms with Crippen LogP contribution >= 0.6 is 11.8 Å². The Hall–Kier alpha value is -0.510. The summed E-state index contributed by atoms with van der Waals surface area (Å²) in [6.07, 6.45) is 3.63. The highest BCUT2D eigenvalue weighted by Gasteiger charge is 2.10. The molecule has 0 aromatic heterocycles. The van der Waals surface area contributed by atoms with Gasteiger partial charge >= 0.3 is 0 Å². The Morgan fingerprint density at radius 2 is 2.08 bits per heavy atom.